The van der Waals surface area contributed by atoms with Crippen LogP contribution in [0.1, 0.15) is 29.9 Å². The number of carbonyl (C=O) groups is 1. The van der Waals surface area contributed by atoms with Gasteiger partial charge in [-0.25, -0.2) is 4.98 Å². The molecule has 2 aromatic rings. The fourth-order valence-corrected chi connectivity index (χ4v) is 5.72. The number of hydrogen-bond acceptors (Lipinski definition) is 7. The number of nitrogens with zero attached hydrogens (tertiary/aromatic N) is 4. The van der Waals surface area contributed by atoms with Crippen LogP contribution in [0.2, 0.25) is 0 Å². The second-order valence-corrected chi connectivity index (χ2v) is 9.84. The maximum Gasteiger partial charge on any atom is 0.246 e. The second kappa shape index (κ2) is 9.51. The van der Waals surface area contributed by atoms with Crippen LogP contribution in [0.5, 0.6) is 5.75 Å². The summed E-state index contributed by atoms with van der Waals surface area (Å²) in [6.45, 7) is 11.2. The molecule has 1 aromatic heterocycles. The number of carbonyl (C=O) groups excluding carboxylic acids is 1. The van der Waals surface area contributed by atoms with Crippen molar-refractivity contribution in [2.75, 3.05) is 62.7 Å². The number of benzene rings is 1. The Morgan fingerprint density at radius 2 is 1.91 bits per heavy atom. The molecule has 0 atom stereocenters. The molecule has 8 heteroatoms. The summed E-state index contributed by atoms with van der Waals surface area (Å²) < 4.78 is 11.9. The van der Waals surface area contributed by atoms with Crippen molar-refractivity contribution in [1.82, 2.24) is 14.8 Å². The normalized spacial score (nSPS) is 21.1. The first kappa shape index (κ1) is 22.4. The van der Waals surface area contributed by atoms with Crippen molar-refractivity contribution in [1.29, 1.82) is 0 Å². The first-order chi connectivity index (χ1) is 17.2. The zero-order valence-electron chi connectivity index (χ0n) is 20.1. The molecule has 0 bridgehead atoms. The lowest BCUT2D eigenvalue weighted by Crippen LogP contribution is -2.61. The summed E-state index contributed by atoms with van der Waals surface area (Å²) in [5, 5.41) is 3.53. The van der Waals surface area contributed by atoms with E-state index in [2.05, 4.69) is 50.9 Å². The Labute approximate surface area is 206 Å². The van der Waals surface area contributed by atoms with Crippen molar-refractivity contribution in [2.24, 2.45) is 0 Å². The number of piperidine rings is 1. The quantitative estimate of drug-likeness (QED) is 0.682. The highest BCUT2D eigenvalue weighted by atomic mass is 16.5. The van der Waals surface area contributed by atoms with Crippen molar-refractivity contribution in [3.05, 3.63) is 54.2 Å². The minimum absolute atomic E-state index is 0.0455. The summed E-state index contributed by atoms with van der Waals surface area (Å²) in [6, 6.07) is 9.17. The molecule has 35 heavy (non-hydrogen) atoms. The van der Waals surface area contributed by atoms with E-state index in [1.54, 1.807) is 0 Å². The fourth-order valence-electron chi connectivity index (χ4n) is 5.72. The van der Waals surface area contributed by atoms with Crippen LogP contribution in [-0.2, 0) is 16.1 Å². The number of likely N-dealkylation sites (tertiary alicyclic amines) is 2. The van der Waals surface area contributed by atoms with Crippen LogP contribution in [0.3, 0.4) is 0 Å². The molecular formula is C27H33N5O3. The Bertz CT molecular complexity index is 1100. The lowest BCUT2D eigenvalue weighted by Gasteiger charge is -2.47. The average Bonchev–Trinajstić information content (AvgIpc) is 3.07. The van der Waals surface area contributed by atoms with E-state index in [0.29, 0.717) is 18.6 Å². The predicted octanol–water partition coefficient (Wildman–Crippen LogP) is 3.13. The molecule has 6 rings (SSSR count). The van der Waals surface area contributed by atoms with Crippen molar-refractivity contribution in [3.8, 4) is 5.75 Å². The van der Waals surface area contributed by atoms with Gasteiger partial charge in [0, 0.05) is 44.1 Å². The number of rotatable bonds is 4. The van der Waals surface area contributed by atoms with E-state index in [1.807, 2.05) is 11.1 Å². The highest BCUT2D eigenvalue weighted by Gasteiger charge is 2.35. The molecule has 0 aliphatic carbocycles. The summed E-state index contributed by atoms with van der Waals surface area (Å²) in [6.07, 6.45) is 5.54. The standard InChI is InChI=1S/C27H33N5O3/c1-2-26(33)32-16-21(17-32)30-9-6-19(7-10-30)20-3-4-23-25(15-20)35-18-22-24(5-8-28-27(22)29-23)31-11-13-34-14-12-31/h2-5,8,15,19,21H,1,6-7,9-14,16-18H2,(H,28,29). The molecule has 4 aliphatic rings. The van der Waals surface area contributed by atoms with Crippen molar-refractivity contribution >= 4 is 23.1 Å². The summed E-state index contributed by atoms with van der Waals surface area (Å²) >= 11 is 0. The van der Waals surface area contributed by atoms with Gasteiger partial charge in [0.25, 0.3) is 0 Å². The van der Waals surface area contributed by atoms with E-state index in [1.165, 1.54) is 17.3 Å². The van der Waals surface area contributed by atoms with E-state index in [4.69, 9.17) is 9.47 Å². The minimum atomic E-state index is 0.0455. The second-order valence-electron chi connectivity index (χ2n) is 9.84. The molecule has 0 radical (unpaired) electrons. The van der Waals surface area contributed by atoms with Crippen LogP contribution in [0, 0.1) is 0 Å². The number of ether oxygens (including phenoxy) is 2. The van der Waals surface area contributed by atoms with Crippen molar-refractivity contribution in [3.63, 3.8) is 0 Å². The van der Waals surface area contributed by atoms with Gasteiger partial charge in [-0.15, -0.1) is 0 Å². The maximum absolute atomic E-state index is 11.7. The van der Waals surface area contributed by atoms with Gasteiger partial charge in [-0.2, -0.15) is 0 Å². The number of morpholine rings is 1. The van der Waals surface area contributed by atoms with Crippen LogP contribution >= 0.6 is 0 Å². The molecule has 5 heterocycles. The van der Waals surface area contributed by atoms with E-state index >= 15 is 0 Å². The zero-order valence-corrected chi connectivity index (χ0v) is 20.1. The summed E-state index contributed by atoms with van der Waals surface area (Å²) in [5.41, 5.74) is 4.59. The van der Waals surface area contributed by atoms with Gasteiger partial charge >= 0.3 is 0 Å². The molecule has 184 valence electrons. The minimum Gasteiger partial charge on any atom is -0.486 e. The third-order valence-corrected chi connectivity index (χ3v) is 7.88. The number of anilines is 3. The molecule has 1 N–H and O–H groups in total. The molecule has 8 nitrogen and oxygen atoms in total. The van der Waals surface area contributed by atoms with Gasteiger partial charge < -0.3 is 24.6 Å². The lowest BCUT2D eigenvalue weighted by atomic mass is 9.88. The zero-order chi connectivity index (χ0) is 23.8. The maximum atomic E-state index is 11.7. The molecule has 0 unspecified atom stereocenters. The van der Waals surface area contributed by atoms with E-state index in [-0.39, 0.29) is 5.91 Å². The molecule has 1 amide bonds. The molecule has 1 aromatic carbocycles. The smallest absolute Gasteiger partial charge is 0.246 e. The Morgan fingerprint density at radius 1 is 1.11 bits per heavy atom. The molecule has 0 spiro atoms. The number of pyridine rings is 1. The number of aromatic nitrogens is 1. The summed E-state index contributed by atoms with van der Waals surface area (Å²) in [5.74, 6) is 2.34. The number of amides is 1. The molecule has 3 saturated heterocycles. The molecule has 3 fully saturated rings. The highest BCUT2D eigenvalue weighted by molar-refractivity contribution is 5.87. The Kier molecular flexibility index (Phi) is 6.08. The first-order valence-corrected chi connectivity index (χ1v) is 12.7. The topological polar surface area (TPSA) is 70.2 Å². The monoisotopic (exact) mass is 475 g/mol. The SMILES string of the molecule is C=CC(=O)N1CC(N2CCC(c3ccc4c(c3)OCc3c(N5CCOCC5)ccnc3N4)CC2)C1. The molecule has 4 aliphatic heterocycles. The van der Waals surface area contributed by atoms with E-state index in [9.17, 15) is 4.79 Å². The van der Waals surface area contributed by atoms with Crippen molar-refractivity contribution < 1.29 is 14.3 Å². The Hall–Kier alpha value is -3.10. The van der Waals surface area contributed by atoms with Crippen LogP contribution < -0.4 is 15.0 Å². The van der Waals surface area contributed by atoms with Gasteiger partial charge in [0.1, 0.15) is 18.2 Å². The van der Waals surface area contributed by atoms with Crippen LogP contribution in [0.4, 0.5) is 17.2 Å². The van der Waals surface area contributed by atoms with Crippen LogP contribution in [0.15, 0.2) is 43.1 Å². The molecular weight excluding hydrogens is 442 g/mol. The van der Waals surface area contributed by atoms with Gasteiger partial charge in [-0.3, -0.25) is 9.69 Å². The fraction of sp³-hybridized carbons (Fsp3) is 0.481. The van der Waals surface area contributed by atoms with Gasteiger partial charge in [-0.05, 0) is 61.7 Å². The summed E-state index contributed by atoms with van der Waals surface area (Å²) in [4.78, 5) is 23.1. The van der Waals surface area contributed by atoms with Gasteiger partial charge in [-0.1, -0.05) is 12.6 Å². The Morgan fingerprint density at radius 3 is 2.69 bits per heavy atom. The van der Waals surface area contributed by atoms with E-state index < -0.39 is 0 Å². The Balaban J connectivity index is 1.11. The number of nitrogens with one attached hydrogen (secondary N) is 1. The van der Waals surface area contributed by atoms with Gasteiger partial charge in [0.15, 0.2) is 0 Å². The summed E-state index contributed by atoms with van der Waals surface area (Å²) in [7, 11) is 0. The number of fused-ring (bicyclic) bond motifs is 2. The van der Waals surface area contributed by atoms with Gasteiger partial charge in [0.2, 0.25) is 5.91 Å². The van der Waals surface area contributed by atoms with E-state index in [0.717, 1.165) is 88.1 Å². The van der Waals surface area contributed by atoms with Crippen LogP contribution in [0.25, 0.3) is 0 Å². The van der Waals surface area contributed by atoms with Gasteiger partial charge in [0.05, 0.1) is 24.5 Å². The number of hydrogen-bond donors (Lipinski definition) is 1. The third-order valence-electron chi connectivity index (χ3n) is 7.88. The highest BCUT2D eigenvalue weighted by Crippen LogP contribution is 2.40. The molecule has 0 saturated carbocycles. The lowest BCUT2D eigenvalue weighted by molar-refractivity contribution is -0.133. The van der Waals surface area contributed by atoms with Crippen molar-refractivity contribution in [2.45, 2.75) is 31.4 Å². The largest absolute Gasteiger partial charge is 0.486 e. The predicted molar refractivity (Wildman–Crippen MR) is 135 cm³/mol. The first-order valence-electron chi connectivity index (χ1n) is 12.7. The average molecular weight is 476 g/mol. The third kappa shape index (κ3) is 4.36. The van der Waals surface area contributed by atoms with Crippen LogP contribution in [-0.4, -0.2) is 79.2 Å².